The van der Waals surface area contributed by atoms with Crippen molar-refractivity contribution in [1.29, 1.82) is 0 Å². The molecule has 0 saturated heterocycles. The maximum Gasteiger partial charge on any atom is 0.238 e. The lowest BCUT2D eigenvalue weighted by Crippen LogP contribution is -2.30. The molecule has 2 rings (SSSR count). The summed E-state index contributed by atoms with van der Waals surface area (Å²) in [6.45, 7) is 2.22. The number of hydrogen-bond donors (Lipinski definition) is 2. The summed E-state index contributed by atoms with van der Waals surface area (Å²) in [5, 5.41) is 8.60. The third-order valence-corrected chi connectivity index (χ3v) is 4.86. The summed E-state index contributed by atoms with van der Waals surface area (Å²) in [6.07, 6.45) is 4.73. The van der Waals surface area contributed by atoms with Crippen LogP contribution in [0.5, 0.6) is 5.75 Å². The van der Waals surface area contributed by atoms with E-state index in [1.165, 1.54) is 25.3 Å². The number of ether oxygens (including phenoxy) is 1. The van der Waals surface area contributed by atoms with Gasteiger partial charge in [-0.05, 0) is 37.0 Å². The summed E-state index contributed by atoms with van der Waals surface area (Å²) in [4.78, 5) is 0.101. The van der Waals surface area contributed by atoms with Crippen molar-refractivity contribution in [2.45, 2.75) is 43.5 Å². The zero-order valence-electron chi connectivity index (χ0n) is 11.9. The van der Waals surface area contributed by atoms with Gasteiger partial charge in [0, 0.05) is 6.04 Å². The minimum absolute atomic E-state index is 0.101. The maximum atomic E-state index is 11.5. The van der Waals surface area contributed by atoms with Crippen LogP contribution in [-0.2, 0) is 10.0 Å². The third-order valence-electron chi connectivity index (χ3n) is 3.95. The van der Waals surface area contributed by atoms with Crippen molar-refractivity contribution in [1.82, 2.24) is 0 Å². The van der Waals surface area contributed by atoms with E-state index in [4.69, 9.17) is 9.88 Å². The molecule has 0 spiro atoms. The fourth-order valence-electron chi connectivity index (χ4n) is 2.71. The van der Waals surface area contributed by atoms with Crippen LogP contribution in [-0.4, -0.2) is 21.6 Å². The molecule has 0 aliphatic heterocycles. The van der Waals surface area contributed by atoms with E-state index in [1.807, 2.05) is 0 Å². The molecule has 0 amide bonds. The van der Waals surface area contributed by atoms with Crippen LogP contribution in [0.2, 0.25) is 0 Å². The summed E-state index contributed by atoms with van der Waals surface area (Å²) in [5.41, 5.74) is 0.692. The molecule has 1 aliphatic carbocycles. The van der Waals surface area contributed by atoms with Gasteiger partial charge < -0.3 is 10.1 Å². The number of anilines is 1. The van der Waals surface area contributed by atoms with Crippen molar-refractivity contribution in [2.24, 2.45) is 11.1 Å². The van der Waals surface area contributed by atoms with Crippen molar-refractivity contribution in [3.8, 4) is 5.75 Å². The van der Waals surface area contributed by atoms with Crippen molar-refractivity contribution in [3.05, 3.63) is 18.2 Å². The van der Waals surface area contributed by atoms with Gasteiger partial charge in [0.05, 0.1) is 17.7 Å². The molecule has 2 unspecified atom stereocenters. The smallest absolute Gasteiger partial charge is 0.238 e. The summed E-state index contributed by atoms with van der Waals surface area (Å²) in [6, 6.07) is 4.99. The Kier molecular flexibility index (Phi) is 4.55. The standard InChI is InChI=1S/C14H22N2O3S/c1-10-5-3-4-6-12(10)16-13-9-11(20(15,17)18)7-8-14(13)19-2/h7-10,12,16H,3-6H2,1-2H3,(H2,15,17,18). The Morgan fingerprint density at radius 2 is 2.00 bits per heavy atom. The Bertz CT molecular complexity index is 572. The van der Waals surface area contributed by atoms with Gasteiger partial charge in [-0.15, -0.1) is 0 Å². The molecule has 0 heterocycles. The van der Waals surface area contributed by atoms with E-state index < -0.39 is 10.0 Å². The summed E-state index contributed by atoms with van der Waals surface area (Å²) in [5.74, 6) is 1.20. The Balaban J connectivity index is 2.28. The lowest BCUT2D eigenvalue weighted by Gasteiger charge is -2.31. The molecular formula is C14H22N2O3S. The van der Waals surface area contributed by atoms with Gasteiger partial charge in [0.1, 0.15) is 5.75 Å². The Morgan fingerprint density at radius 3 is 2.60 bits per heavy atom. The van der Waals surface area contributed by atoms with Crippen molar-refractivity contribution in [3.63, 3.8) is 0 Å². The highest BCUT2D eigenvalue weighted by molar-refractivity contribution is 7.89. The molecule has 3 N–H and O–H groups in total. The van der Waals surface area contributed by atoms with E-state index >= 15 is 0 Å². The first kappa shape index (κ1) is 15.1. The number of methoxy groups -OCH3 is 1. The van der Waals surface area contributed by atoms with Gasteiger partial charge >= 0.3 is 0 Å². The van der Waals surface area contributed by atoms with Gasteiger partial charge in [-0.2, -0.15) is 0 Å². The lowest BCUT2D eigenvalue weighted by atomic mass is 9.86. The van der Waals surface area contributed by atoms with E-state index in [0.29, 0.717) is 23.4 Å². The second kappa shape index (κ2) is 6.01. The molecule has 0 aromatic heterocycles. The highest BCUT2D eigenvalue weighted by atomic mass is 32.2. The van der Waals surface area contributed by atoms with Crippen molar-refractivity contribution in [2.75, 3.05) is 12.4 Å². The van der Waals surface area contributed by atoms with E-state index in [-0.39, 0.29) is 4.90 Å². The number of hydrogen-bond acceptors (Lipinski definition) is 4. The monoisotopic (exact) mass is 298 g/mol. The average Bonchev–Trinajstić information content (AvgIpc) is 2.40. The lowest BCUT2D eigenvalue weighted by molar-refractivity contribution is 0.347. The molecule has 1 aromatic carbocycles. The predicted molar refractivity (Wildman–Crippen MR) is 79.4 cm³/mol. The first-order valence-electron chi connectivity index (χ1n) is 6.89. The average molecular weight is 298 g/mol. The minimum Gasteiger partial charge on any atom is -0.495 e. The fraction of sp³-hybridized carbons (Fsp3) is 0.571. The second-order valence-corrected chi connectivity index (χ2v) is 6.98. The number of rotatable bonds is 4. The summed E-state index contributed by atoms with van der Waals surface area (Å²) >= 11 is 0. The van der Waals surface area contributed by atoms with Crippen LogP contribution >= 0.6 is 0 Å². The van der Waals surface area contributed by atoms with Crippen LogP contribution in [0.4, 0.5) is 5.69 Å². The molecule has 2 atom stereocenters. The van der Waals surface area contributed by atoms with Crippen LogP contribution < -0.4 is 15.2 Å². The highest BCUT2D eigenvalue weighted by Crippen LogP contribution is 2.32. The molecule has 5 nitrogen and oxygen atoms in total. The van der Waals surface area contributed by atoms with Crippen LogP contribution in [0.1, 0.15) is 32.6 Å². The number of nitrogens with one attached hydrogen (secondary N) is 1. The first-order valence-corrected chi connectivity index (χ1v) is 8.44. The number of primary sulfonamides is 1. The molecule has 0 bridgehead atoms. The molecule has 1 fully saturated rings. The van der Waals surface area contributed by atoms with E-state index in [2.05, 4.69) is 12.2 Å². The van der Waals surface area contributed by atoms with Gasteiger partial charge in [-0.25, -0.2) is 13.6 Å². The SMILES string of the molecule is COc1ccc(S(N)(=O)=O)cc1NC1CCCCC1C. The Morgan fingerprint density at radius 1 is 1.30 bits per heavy atom. The van der Waals surface area contributed by atoms with Crippen LogP contribution in [0, 0.1) is 5.92 Å². The Hall–Kier alpha value is -1.27. The minimum atomic E-state index is -3.70. The normalized spacial score (nSPS) is 23.4. The fourth-order valence-corrected chi connectivity index (χ4v) is 3.25. The van der Waals surface area contributed by atoms with Crippen molar-refractivity contribution < 1.29 is 13.2 Å². The molecule has 0 radical (unpaired) electrons. The molecular weight excluding hydrogens is 276 g/mol. The van der Waals surface area contributed by atoms with Crippen LogP contribution in [0.25, 0.3) is 0 Å². The van der Waals surface area contributed by atoms with E-state index in [9.17, 15) is 8.42 Å². The molecule has 1 aliphatic rings. The Labute approximate surface area is 120 Å². The second-order valence-electron chi connectivity index (χ2n) is 5.42. The van der Waals surface area contributed by atoms with Crippen LogP contribution in [0.3, 0.4) is 0 Å². The van der Waals surface area contributed by atoms with E-state index in [0.717, 1.165) is 6.42 Å². The largest absolute Gasteiger partial charge is 0.495 e. The molecule has 6 heteroatoms. The topological polar surface area (TPSA) is 81.4 Å². The zero-order chi connectivity index (χ0) is 14.8. The number of nitrogens with two attached hydrogens (primary N) is 1. The van der Waals surface area contributed by atoms with Gasteiger partial charge in [0.2, 0.25) is 10.0 Å². The summed E-state index contributed by atoms with van der Waals surface area (Å²) in [7, 11) is -2.13. The molecule has 112 valence electrons. The number of sulfonamides is 1. The van der Waals surface area contributed by atoms with Gasteiger partial charge in [0.25, 0.3) is 0 Å². The predicted octanol–water partition coefficient (Wildman–Crippen LogP) is 2.33. The van der Waals surface area contributed by atoms with Crippen LogP contribution in [0.15, 0.2) is 23.1 Å². The van der Waals surface area contributed by atoms with Gasteiger partial charge in [-0.1, -0.05) is 19.8 Å². The molecule has 1 aromatic rings. The van der Waals surface area contributed by atoms with Crippen molar-refractivity contribution >= 4 is 15.7 Å². The van der Waals surface area contributed by atoms with Gasteiger partial charge in [-0.3, -0.25) is 0 Å². The molecule has 20 heavy (non-hydrogen) atoms. The summed E-state index contributed by atoms with van der Waals surface area (Å²) < 4.78 is 28.2. The zero-order valence-corrected chi connectivity index (χ0v) is 12.7. The first-order chi connectivity index (χ1) is 9.41. The maximum absolute atomic E-state index is 11.5. The quantitative estimate of drug-likeness (QED) is 0.894. The third kappa shape index (κ3) is 3.43. The highest BCUT2D eigenvalue weighted by Gasteiger charge is 2.22. The van der Waals surface area contributed by atoms with E-state index in [1.54, 1.807) is 19.2 Å². The van der Waals surface area contributed by atoms with Gasteiger partial charge in [0.15, 0.2) is 0 Å². The molecule has 1 saturated carbocycles. The number of benzene rings is 1.